The van der Waals surface area contributed by atoms with E-state index in [-0.39, 0.29) is 11.5 Å². The van der Waals surface area contributed by atoms with Crippen LogP contribution in [0.5, 0.6) is 0 Å². The third-order valence-electron chi connectivity index (χ3n) is 3.13. The quantitative estimate of drug-likeness (QED) is 0.898. The molecule has 0 unspecified atom stereocenters. The lowest BCUT2D eigenvalue weighted by molar-refractivity contribution is 0.0698. The number of nitrogens with one attached hydrogen (secondary N) is 1. The van der Waals surface area contributed by atoms with Gasteiger partial charge in [-0.25, -0.2) is 4.79 Å². The second-order valence-electron chi connectivity index (χ2n) is 4.57. The second kappa shape index (κ2) is 5.57. The molecule has 0 radical (unpaired) electrons. The zero-order valence-electron chi connectivity index (χ0n) is 11.3. The molecule has 0 heterocycles. The van der Waals surface area contributed by atoms with Gasteiger partial charge in [0, 0.05) is 5.56 Å². The molecule has 0 bridgehead atoms. The topological polar surface area (TPSA) is 66.4 Å². The molecule has 0 saturated heterocycles. The molecular formula is C16H15NO3. The van der Waals surface area contributed by atoms with Crippen LogP contribution < -0.4 is 5.32 Å². The molecule has 1 amide bonds. The predicted molar refractivity (Wildman–Crippen MR) is 77.3 cm³/mol. The summed E-state index contributed by atoms with van der Waals surface area (Å²) >= 11 is 0. The average Bonchev–Trinajstić information content (AvgIpc) is 2.41. The van der Waals surface area contributed by atoms with Crippen molar-refractivity contribution in [3.63, 3.8) is 0 Å². The third-order valence-corrected chi connectivity index (χ3v) is 3.13. The standard InChI is InChI=1S/C16H15NO3/c1-10-6-3-4-8-12(10)15(18)17-14-11(2)7-5-9-13(14)16(19)20/h3-9H,1-2H3,(H,17,18)(H,19,20). The number of anilines is 1. The Kier molecular flexibility index (Phi) is 3.84. The van der Waals surface area contributed by atoms with Crippen molar-refractivity contribution in [1.29, 1.82) is 0 Å². The van der Waals surface area contributed by atoms with E-state index >= 15 is 0 Å². The molecule has 0 aliphatic carbocycles. The lowest BCUT2D eigenvalue weighted by Crippen LogP contribution is -2.16. The number of hydrogen-bond donors (Lipinski definition) is 2. The second-order valence-corrected chi connectivity index (χ2v) is 4.57. The number of aromatic carboxylic acids is 1. The van der Waals surface area contributed by atoms with Crippen molar-refractivity contribution in [2.75, 3.05) is 5.32 Å². The van der Waals surface area contributed by atoms with Gasteiger partial charge in [-0.15, -0.1) is 0 Å². The Balaban J connectivity index is 2.38. The number of carbonyl (C=O) groups is 2. The van der Waals surface area contributed by atoms with E-state index in [1.807, 2.05) is 19.1 Å². The molecule has 4 heteroatoms. The number of benzene rings is 2. The summed E-state index contributed by atoms with van der Waals surface area (Å²) in [5, 5.41) is 11.9. The minimum Gasteiger partial charge on any atom is -0.478 e. The van der Waals surface area contributed by atoms with Crippen molar-refractivity contribution in [2.24, 2.45) is 0 Å². The maximum atomic E-state index is 12.3. The maximum Gasteiger partial charge on any atom is 0.337 e. The summed E-state index contributed by atoms with van der Waals surface area (Å²) in [5.41, 5.74) is 2.52. The van der Waals surface area contributed by atoms with E-state index in [1.165, 1.54) is 6.07 Å². The van der Waals surface area contributed by atoms with Gasteiger partial charge in [0.2, 0.25) is 0 Å². The van der Waals surface area contributed by atoms with Crippen LogP contribution in [0.4, 0.5) is 5.69 Å². The number of carboxylic acids is 1. The van der Waals surface area contributed by atoms with Crippen LogP contribution >= 0.6 is 0 Å². The number of aryl methyl sites for hydroxylation is 2. The normalized spacial score (nSPS) is 10.1. The summed E-state index contributed by atoms with van der Waals surface area (Å²) < 4.78 is 0. The molecule has 20 heavy (non-hydrogen) atoms. The van der Waals surface area contributed by atoms with Gasteiger partial charge in [0.25, 0.3) is 5.91 Å². The first-order chi connectivity index (χ1) is 9.50. The van der Waals surface area contributed by atoms with Gasteiger partial charge in [-0.3, -0.25) is 4.79 Å². The molecule has 102 valence electrons. The van der Waals surface area contributed by atoms with Crippen LogP contribution in [0.15, 0.2) is 42.5 Å². The van der Waals surface area contributed by atoms with E-state index in [0.717, 1.165) is 5.56 Å². The Morgan fingerprint density at radius 1 is 0.900 bits per heavy atom. The molecule has 2 N–H and O–H groups in total. The first-order valence-electron chi connectivity index (χ1n) is 6.20. The van der Waals surface area contributed by atoms with Crippen LogP contribution in [-0.2, 0) is 0 Å². The Labute approximate surface area is 117 Å². The highest BCUT2D eigenvalue weighted by Crippen LogP contribution is 2.22. The van der Waals surface area contributed by atoms with Crippen LogP contribution in [0.3, 0.4) is 0 Å². The van der Waals surface area contributed by atoms with Crippen molar-refractivity contribution < 1.29 is 14.7 Å². The Morgan fingerprint density at radius 3 is 2.15 bits per heavy atom. The van der Waals surface area contributed by atoms with Crippen LogP contribution in [0.1, 0.15) is 31.8 Å². The summed E-state index contributed by atoms with van der Waals surface area (Å²) in [6.07, 6.45) is 0. The first-order valence-corrected chi connectivity index (χ1v) is 6.20. The summed E-state index contributed by atoms with van der Waals surface area (Å²) in [7, 11) is 0. The van der Waals surface area contributed by atoms with E-state index in [9.17, 15) is 14.7 Å². The van der Waals surface area contributed by atoms with Gasteiger partial charge in [0.15, 0.2) is 0 Å². The lowest BCUT2D eigenvalue weighted by atomic mass is 10.1. The van der Waals surface area contributed by atoms with Gasteiger partial charge in [-0.1, -0.05) is 30.3 Å². The molecule has 2 aromatic rings. The molecule has 0 atom stereocenters. The third kappa shape index (κ3) is 2.69. The molecule has 0 aliphatic heterocycles. The minimum absolute atomic E-state index is 0.0898. The van der Waals surface area contributed by atoms with Crippen molar-refractivity contribution in [3.05, 3.63) is 64.7 Å². The number of carbonyl (C=O) groups excluding carboxylic acids is 1. The lowest BCUT2D eigenvalue weighted by Gasteiger charge is -2.12. The monoisotopic (exact) mass is 269 g/mol. The smallest absolute Gasteiger partial charge is 0.337 e. The molecule has 2 aromatic carbocycles. The first kappa shape index (κ1) is 13.8. The Hall–Kier alpha value is -2.62. The highest BCUT2D eigenvalue weighted by molar-refractivity contribution is 6.09. The summed E-state index contributed by atoms with van der Waals surface area (Å²) in [6.45, 7) is 3.60. The largest absolute Gasteiger partial charge is 0.478 e. The molecule has 0 saturated carbocycles. The predicted octanol–water partition coefficient (Wildman–Crippen LogP) is 3.25. The summed E-state index contributed by atoms with van der Waals surface area (Å²) in [6, 6.07) is 12.1. The minimum atomic E-state index is -1.06. The fraction of sp³-hybridized carbons (Fsp3) is 0.125. The van der Waals surface area contributed by atoms with Crippen LogP contribution in [0.2, 0.25) is 0 Å². The van der Waals surface area contributed by atoms with E-state index in [2.05, 4.69) is 5.32 Å². The fourth-order valence-corrected chi connectivity index (χ4v) is 2.02. The van der Waals surface area contributed by atoms with Gasteiger partial charge in [-0.2, -0.15) is 0 Å². The van der Waals surface area contributed by atoms with Crippen molar-refractivity contribution in [1.82, 2.24) is 0 Å². The SMILES string of the molecule is Cc1ccccc1C(=O)Nc1c(C)cccc1C(=O)O. The molecule has 0 aromatic heterocycles. The van der Waals surface area contributed by atoms with Gasteiger partial charge in [-0.05, 0) is 37.1 Å². The Bertz CT molecular complexity index is 677. The summed E-state index contributed by atoms with van der Waals surface area (Å²) in [5.74, 6) is -1.37. The molecule has 0 spiro atoms. The molecule has 4 nitrogen and oxygen atoms in total. The number of hydrogen-bond acceptors (Lipinski definition) is 2. The Morgan fingerprint density at radius 2 is 1.50 bits per heavy atom. The van der Waals surface area contributed by atoms with E-state index in [0.29, 0.717) is 16.8 Å². The molecular weight excluding hydrogens is 254 g/mol. The fourth-order valence-electron chi connectivity index (χ4n) is 2.02. The van der Waals surface area contributed by atoms with Crippen LogP contribution in [0.25, 0.3) is 0 Å². The van der Waals surface area contributed by atoms with Gasteiger partial charge < -0.3 is 10.4 Å². The van der Waals surface area contributed by atoms with E-state index in [4.69, 9.17) is 0 Å². The van der Waals surface area contributed by atoms with Crippen LogP contribution in [0, 0.1) is 13.8 Å². The van der Waals surface area contributed by atoms with Gasteiger partial charge >= 0.3 is 5.97 Å². The van der Waals surface area contributed by atoms with E-state index < -0.39 is 5.97 Å². The zero-order valence-corrected chi connectivity index (χ0v) is 11.3. The zero-order chi connectivity index (χ0) is 14.7. The number of carboxylic acid groups (broad SMARTS) is 1. The van der Waals surface area contributed by atoms with Gasteiger partial charge in [0.05, 0.1) is 11.3 Å². The highest BCUT2D eigenvalue weighted by atomic mass is 16.4. The van der Waals surface area contributed by atoms with E-state index in [1.54, 1.807) is 31.2 Å². The average molecular weight is 269 g/mol. The van der Waals surface area contributed by atoms with Gasteiger partial charge in [0.1, 0.15) is 0 Å². The van der Waals surface area contributed by atoms with Crippen molar-refractivity contribution in [2.45, 2.75) is 13.8 Å². The van der Waals surface area contributed by atoms with Crippen LogP contribution in [-0.4, -0.2) is 17.0 Å². The molecule has 0 fully saturated rings. The molecule has 0 aliphatic rings. The number of para-hydroxylation sites is 1. The van der Waals surface area contributed by atoms with Crippen molar-refractivity contribution >= 4 is 17.6 Å². The number of amides is 1. The number of rotatable bonds is 3. The van der Waals surface area contributed by atoms with Crippen molar-refractivity contribution in [3.8, 4) is 0 Å². The molecule has 2 rings (SSSR count). The maximum absolute atomic E-state index is 12.3. The highest BCUT2D eigenvalue weighted by Gasteiger charge is 2.16. The summed E-state index contributed by atoms with van der Waals surface area (Å²) in [4.78, 5) is 23.5.